The predicted molar refractivity (Wildman–Crippen MR) is 74.6 cm³/mol. The van der Waals surface area contributed by atoms with Gasteiger partial charge in [0.2, 0.25) is 0 Å². The number of nitrogens with zero attached hydrogens (tertiary/aromatic N) is 3. The fourth-order valence-corrected chi connectivity index (χ4v) is 3.60. The van der Waals surface area contributed by atoms with E-state index in [1.165, 1.54) is 0 Å². The first-order valence-electron chi connectivity index (χ1n) is 6.75. The Hall–Kier alpha value is -1.14. The van der Waals surface area contributed by atoms with E-state index in [0.717, 1.165) is 43.4 Å². The maximum atomic E-state index is 11.8. The first-order valence-corrected chi connectivity index (χ1v) is 7.63. The minimum Gasteiger partial charge on any atom is -0.461 e. The van der Waals surface area contributed by atoms with Crippen LogP contribution in [-0.2, 0) is 9.53 Å². The van der Waals surface area contributed by atoms with E-state index in [-0.39, 0.29) is 18.1 Å². The van der Waals surface area contributed by atoms with Crippen molar-refractivity contribution in [1.82, 2.24) is 9.88 Å². The number of aromatic nitrogens is 1. The van der Waals surface area contributed by atoms with Gasteiger partial charge in [0.05, 0.1) is 5.69 Å². The number of piperazine rings is 1. The number of esters is 1. The summed E-state index contributed by atoms with van der Waals surface area (Å²) in [7, 11) is 0. The number of anilines is 1. The second kappa shape index (κ2) is 5.09. The highest BCUT2D eigenvalue weighted by molar-refractivity contribution is 7.13. The first kappa shape index (κ1) is 12.9. The van der Waals surface area contributed by atoms with Crippen LogP contribution in [-0.4, -0.2) is 54.2 Å². The topological polar surface area (TPSA) is 45.7 Å². The molecule has 2 aliphatic rings. The number of ether oxygens (including phenoxy) is 1. The Morgan fingerprint density at radius 2 is 2.11 bits per heavy atom. The smallest absolute Gasteiger partial charge is 0.323 e. The van der Waals surface area contributed by atoms with Crippen molar-refractivity contribution in [3.05, 3.63) is 11.1 Å². The van der Waals surface area contributed by atoms with Crippen LogP contribution < -0.4 is 4.90 Å². The van der Waals surface area contributed by atoms with Gasteiger partial charge in [-0.2, -0.15) is 0 Å². The van der Waals surface area contributed by atoms with E-state index in [1.807, 2.05) is 13.8 Å². The summed E-state index contributed by atoms with van der Waals surface area (Å²) in [6.45, 7) is 7.67. The van der Waals surface area contributed by atoms with Gasteiger partial charge in [-0.3, -0.25) is 9.69 Å². The zero-order valence-electron chi connectivity index (χ0n) is 11.3. The molecule has 3 rings (SSSR count). The van der Waals surface area contributed by atoms with Crippen LogP contribution in [0.2, 0.25) is 0 Å². The molecule has 1 aromatic rings. The monoisotopic (exact) mass is 281 g/mol. The van der Waals surface area contributed by atoms with Gasteiger partial charge in [0.25, 0.3) is 0 Å². The summed E-state index contributed by atoms with van der Waals surface area (Å²) in [6.07, 6.45) is 0.895. The van der Waals surface area contributed by atoms with Crippen LogP contribution in [0.4, 0.5) is 5.13 Å². The average Bonchev–Trinajstić information content (AvgIpc) is 2.96. The van der Waals surface area contributed by atoms with Crippen LogP contribution in [0, 0.1) is 6.92 Å². The van der Waals surface area contributed by atoms with Gasteiger partial charge in [0.1, 0.15) is 12.1 Å². The summed E-state index contributed by atoms with van der Waals surface area (Å²) in [5, 5.41) is 3.18. The van der Waals surface area contributed by atoms with Gasteiger partial charge >= 0.3 is 5.97 Å². The van der Waals surface area contributed by atoms with Crippen molar-refractivity contribution in [3.8, 4) is 0 Å². The lowest BCUT2D eigenvalue weighted by Crippen LogP contribution is -2.51. The number of hydrogen-bond acceptors (Lipinski definition) is 6. The number of cyclic esters (lactones) is 1. The second-order valence-electron chi connectivity index (χ2n) is 5.29. The standard InChI is InChI=1S/C13H19N3O2S/c1-9-8-19-13(14-9)16-5-3-15(4-6-16)11-7-10(2)18-12(11)17/h8,10-11H,3-7H2,1-2H3/t10-,11-/m1/s1. The molecule has 0 aliphatic carbocycles. The van der Waals surface area contributed by atoms with Gasteiger partial charge in [-0.15, -0.1) is 11.3 Å². The molecule has 0 saturated carbocycles. The minimum atomic E-state index is -0.0500. The lowest BCUT2D eigenvalue weighted by molar-refractivity contribution is -0.144. The SMILES string of the molecule is Cc1csc(N2CCN([C@@H]3C[C@@H](C)OC3=O)CC2)n1. The number of hydrogen-bond donors (Lipinski definition) is 0. The highest BCUT2D eigenvalue weighted by atomic mass is 32.1. The Labute approximate surface area is 117 Å². The molecule has 0 spiro atoms. The third-order valence-electron chi connectivity index (χ3n) is 3.78. The summed E-state index contributed by atoms with van der Waals surface area (Å²) in [5.74, 6) is -0.0500. The van der Waals surface area contributed by atoms with E-state index in [4.69, 9.17) is 4.74 Å². The number of carbonyl (C=O) groups excluding carboxylic acids is 1. The molecule has 2 fully saturated rings. The number of aryl methyl sites for hydroxylation is 1. The summed E-state index contributed by atoms with van der Waals surface area (Å²) in [4.78, 5) is 20.8. The van der Waals surface area contributed by atoms with Gasteiger partial charge in [0, 0.05) is 38.0 Å². The lowest BCUT2D eigenvalue weighted by Gasteiger charge is -2.36. The highest BCUT2D eigenvalue weighted by Crippen LogP contribution is 2.24. The molecule has 2 saturated heterocycles. The molecular formula is C13H19N3O2S. The first-order chi connectivity index (χ1) is 9.13. The van der Waals surface area contributed by atoms with E-state index in [9.17, 15) is 4.79 Å². The van der Waals surface area contributed by atoms with Crippen LogP contribution in [0.3, 0.4) is 0 Å². The van der Waals surface area contributed by atoms with Gasteiger partial charge in [-0.1, -0.05) is 0 Å². The molecule has 2 atom stereocenters. The molecule has 0 unspecified atom stereocenters. The largest absolute Gasteiger partial charge is 0.461 e. The molecule has 19 heavy (non-hydrogen) atoms. The maximum absolute atomic E-state index is 11.8. The van der Waals surface area contributed by atoms with E-state index in [1.54, 1.807) is 11.3 Å². The maximum Gasteiger partial charge on any atom is 0.323 e. The molecule has 0 N–H and O–H groups in total. The van der Waals surface area contributed by atoms with Gasteiger partial charge in [0.15, 0.2) is 5.13 Å². The third kappa shape index (κ3) is 2.60. The second-order valence-corrected chi connectivity index (χ2v) is 6.13. The minimum absolute atomic E-state index is 0.0322. The molecule has 104 valence electrons. The lowest BCUT2D eigenvalue weighted by atomic mass is 10.1. The molecule has 1 aromatic heterocycles. The van der Waals surface area contributed by atoms with Crippen LogP contribution in [0.15, 0.2) is 5.38 Å². The molecule has 0 bridgehead atoms. The van der Waals surface area contributed by atoms with E-state index in [0.29, 0.717) is 0 Å². The predicted octanol–water partition coefficient (Wildman–Crippen LogP) is 1.28. The summed E-state index contributed by atoms with van der Waals surface area (Å²) in [6, 6.07) is -0.0322. The van der Waals surface area contributed by atoms with Crippen molar-refractivity contribution >= 4 is 22.4 Å². The molecule has 6 heteroatoms. The fourth-order valence-electron chi connectivity index (χ4n) is 2.75. The molecular weight excluding hydrogens is 262 g/mol. The van der Waals surface area contributed by atoms with Crippen molar-refractivity contribution in [2.45, 2.75) is 32.4 Å². The quantitative estimate of drug-likeness (QED) is 0.764. The molecule has 0 aromatic carbocycles. The van der Waals surface area contributed by atoms with Crippen molar-refractivity contribution in [2.24, 2.45) is 0 Å². The van der Waals surface area contributed by atoms with Crippen LogP contribution in [0.25, 0.3) is 0 Å². The number of carbonyl (C=O) groups is 1. The Bertz CT molecular complexity index is 468. The fraction of sp³-hybridized carbons (Fsp3) is 0.692. The van der Waals surface area contributed by atoms with E-state index >= 15 is 0 Å². The van der Waals surface area contributed by atoms with Crippen LogP contribution in [0.5, 0.6) is 0 Å². The van der Waals surface area contributed by atoms with E-state index < -0.39 is 0 Å². The van der Waals surface area contributed by atoms with Crippen molar-refractivity contribution in [3.63, 3.8) is 0 Å². The van der Waals surface area contributed by atoms with Crippen molar-refractivity contribution in [1.29, 1.82) is 0 Å². The number of thiazole rings is 1. The third-order valence-corrected chi connectivity index (χ3v) is 4.80. The molecule has 3 heterocycles. The molecule has 0 amide bonds. The van der Waals surface area contributed by atoms with Gasteiger partial charge < -0.3 is 9.64 Å². The van der Waals surface area contributed by atoms with E-state index in [2.05, 4.69) is 20.2 Å². The van der Waals surface area contributed by atoms with Gasteiger partial charge in [-0.05, 0) is 13.8 Å². The Morgan fingerprint density at radius 1 is 1.37 bits per heavy atom. The molecule has 0 radical (unpaired) electrons. The van der Waals surface area contributed by atoms with Gasteiger partial charge in [-0.25, -0.2) is 4.98 Å². The molecule has 5 nitrogen and oxygen atoms in total. The Kier molecular flexibility index (Phi) is 3.45. The number of rotatable bonds is 2. The van der Waals surface area contributed by atoms with Crippen molar-refractivity contribution in [2.75, 3.05) is 31.1 Å². The zero-order chi connectivity index (χ0) is 13.4. The Morgan fingerprint density at radius 3 is 2.63 bits per heavy atom. The summed E-state index contributed by atoms with van der Waals surface area (Å²) >= 11 is 1.70. The van der Waals surface area contributed by atoms with Crippen LogP contribution >= 0.6 is 11.3 Å². The Balaban J connectivity index is 1.59. The average molecular weight is 281 g/mol. The summed E-state index contributed by atoms with van der Waals surface area (Å²) < 4.78 is 5.24. The zero-order valence-corrected chi connectivity index (χ0v) is 12.2. The summed E-state index contributed by atoms with van der Waals surface area (Å²) in [5.41, 5.74) is 1.08. The van der Waals surface area contributed by atoms with Crippen molar-refractivity contribution < 1.29 is 9.53 Å². The molecule has 2 aliphatic heterocycles. The normalized spacial score (nSPS) is 28.7. The highest BCUT2D eigenvalue weighted by Gasteiger charge is 2.37. The van der Waals surface area contributed by atoms with Crippen LogP contribution in [0.1, 0.15) is 19.0 Å².